The molecule has 0 amide bonds. The highest BCUT2D eigenvalue weighted by Gasteiger charge is 2.33. The highest BCUT2D eigenvalue weighted by molar-refractivity contribution is 5.69. The van der Waals surface area contributed by atoms with Gasteiger partial charge in [0.1, 0.15) is 6.04 Å². The lowest BCUT2D eigenvalue weighted by Crippen LogP contribution is -2.82. The fraction of sp³-hybridized carbons (Fsp3) is 0.417. The number of carbonyl (C=O) groups is 1. The molecule has 0 aliphatic carbocycles. The van der Waals surface area contributed by atoms with Gasteiger partial charge < -0.3 is 15.2 Å². The lowest BCUT2D eigenvalue weighted by atomic mass is 9.92. The Morgan fingerprint density at radius 3 is 2.87 bits per heavy atom. The summed E-state index contributed by atoms with van der Waals surface area (Å²) in [6.07, 6.45) is 0.710. The van der Waals surface area contributed by atoms with Gasteiger partial charge in [0.15, 0.2) is 0 Å². The van der Waals surface area contributed by atoms with Crippen LogP contribution in [0.15, 0.2) is 24.3 Å². The Kier molecular flexibility index (Phi) is 2.73. The molecule has 3 nitrogen and oxygen atoms in total. The largest absolute Gasteiger partial charge is 0.550 e. The summed E-state index contributed by atoms with van der Waals surface area (Å²) in [5.74, 6) is -1.26. The number of quaternary nitrogens is 1. The van der Waals surface area contributed by atoms with Crippen molar-refractivity contribution in [2.45, 2.75) is 19.4 Å². The smallest absolute Gasteiger partial charge is 0.120 e. The van der Waals surface area contributed by atoms with Crippen molar-refractivity contribution >= 4 is 5.97 Å². The predicted octanol–water partition coefficient (Wildman–Crippen LogP) is -0.631. The molecule has 0 radical (unpaired) electrons. The van der Waals surface area contributed by atoms with Gasteiger partial charge >= 0.3 is 0 Å². The Balaban J connectivity index is 2.30. The Labute approximate surface area is 89.1 Å². The summed E-state index contributed by atoms with van der Waals surface area (Å²) < 4.78 is 0. The molecule has 1 aromatic rings. The first-order chi connectivity index (χ1) is 7.20. The molecular formula is C12H15NO2. The molecule has 0 bridgehead atoms. The molecule has 1 fully saturated rings. The Morgan fingerprint density at radius 2 is 2.20 bits per heavy atom. The first-order valence-electron chi connectivity index (χ1n) is 5.30. The van der Waals surface area contributed by atoms with Crippen LogP contribution in [0.4, 0.5) is 0 Å². The summed E-state index contributed by atoms with van der Waals surface area (Å²) in [7, 11) is 0. The summed E-state index contributed by atoms with van der Waals surface area (Å²) in [6.45, 7) is 2.89. The van der Waals surface area contributed by atoms with Gasteiger partial charge in [-0.15, -0.1) is 0 Å². The number of carboxylic acid groups (broad SMARTS) is 1. The number of hydrogen-bond acceptors (Lipinski definition) is 2. The minimum atomic E-state index is -0.919. The van der Waals surface area contributed by atoms with E-state index in [4.69, 9.17) is 0 Å². The van der Waals surface area contributed by atoms with Gasteiger partial charge in [0, 0.05) is 12.0 Å². The molecule has 2 atom stereocenters. The van der Waals surface area contributed by atoms with Crippen LogP contribution in [0.25, 0.3) is 0 Å². The van der Waals surface area contributed by atoms with Gasteiger partial charge in [-0.2, -0.15) is 0 Å². The second-order valence-electron chi connectivity index (χ2n) is 4.12. The van der Waals surface area contributed by atoms with Crippen LogP contribution in [0, 0.1) is 12.8 Å². The number of aryl methyl sites for hydroxylation is 1. The number of carboxylic acids is 1. The standard InChI is InChI=1S/C12H15NO2/c1-8-4-2-3-5-9(8)11-10(12(14)15)6-7-13-11/h2-5,10-11,13H,6-7H2,1H3,(H,14,15)/t10-,11+/m0/s1. The third-order valence-electron chi connectivity index (χ3n) is 3.18. The van der Waals surface area contributed by atoms with Gasteiger partial charge in [-0.1, -0.05) is 24.3 Å². The third-order valence-corrected chi connectivity index (χ3v) is 3.18. The van der Waals surface area contributed by atoms with E-state index in [1.165, 1.54) is 0 Å². The highest BCUT2D eigenvalue weighted by Crippen LogP contribution is 2.26. The maximum Gasteiger partial charge on any atom is 0.120 e. The first-order valence-corrected chi connectivity index (χ1v) is 5.30. The number of benzene rings is 1. The Bertz CT molecular complexity index is 376. The molecule has 0 saturated carbocycles. The van der Waals surface area contributed by atoms with Gasteiger partial charge in [-0.25, -0.2) is 0 Å². The minimum Gasteiger partial charge on any atom is -0.550 e. The summed E-state index contributed by atoms with van der Waals surface area (Å²) in [6, 6.07) is 8.00. The maximum atomic E-state index is 11.0. The molecule has 0 unspecified atom stereocenters. The number of hydrogen-bond donors (Lipinski definition) is 1. The van der Waals surface area contributed by atoms with Crippen LogP contribution < -0.4 is 10.4 Å². The molecule has 80 valence electrons. The van der Waals surface area contributed by atoms with Crippen molar-refractivity contribution in [1.82, 2.24) is 0 Å². The van der Waals surface area contributed by atoms with Crippen LogP contribution in [-0.4, -0.2) is 12.5 Å². The normalized spacial score (nSPS) is 25.4. The lowest BCUT2D eigenvalue weighted by Gasteiger charge is -2.19. The van der Waals surface area contributed by atoms with Crippen molar-refractivity contribution in [3.05, 3.63) is 35.4 Å². The fourth-order valence-corrected chi connectivity index (χ4v) is 2.37. The van der Waals surface area contributed by atoms with Crippen molar-refractivity contribution in [2.75, 3.05) is 6.54 Å². The van der Waals surface area contributed by atoms with Crippen molar-refractivity contribution in [1.29, 1.82) is 0 Å². The average Bonchev–Trinajstić information content (AvgIpc) is 2.67. The number of carbonyl (C=O) groups excluding carboxylic acids is 1. The van der Waals surface area contributed by atoms with Gasteiger partial charge in [0.05, 0.1) is 18.4 Å². The van der Waals surface area contributed by atoms with Crippen LogP contribution in [-0.2, 0) is 4.79 Å². The zero-order chi connectivity index (χ0) is 10.8. The van der Waals surface area contributed by atoms with Crippen molar-refractivity contribution in [3.8, 4) is 0 Å². The van der Waals surface area contributed by atoms with E-state index in [2.05, 4.69) is 5.32 Å². The number of nitrogens with two attached hydrogens (primary N) is 1. The van der Waals surface area contributed by atoms with Gasteiger partial charge in [0.25, 0.3) is 0 Å². The molecular weight excluding hydrogens is 190 g/mol. The molecule has 3 heteroatoms. The molecule has 1 aromatic carbocycles. The molecule has 1 heterocycles. The van der Waals surface area contributed by atoms with Gasteiger partial charge in [-0.3, -0.25) is 0 Å². The number of rotatable bonds is 2. The van der Waals surface area contributed by atoms with Crippen LogP contribution in [0.3, 0.4) is 0 Å². The molecule has 15 heavy (non-hydrogen) atoms. The van der Waals surface area contributed by atoms with E-state index in [0.29, 0.717) is 6.42 Å². The van der Waals surface area contributed by atoms with Gasteiger partial charge in [0.2, 0.25) is 0 Å². The van der Waals surface area contributed by atoms with E-state index in [0.717, 1.165) is 17.7 Å². The van der Waals surface area contributed by atoms with E-state index in [-0.39, 0.29) is 12.0 Å². The molecule has 1 aliphatic rings. The topological polar surface area (TPSA) is 56.7 Å². The minimum absolute atomic E-state index is 0.0381. The third kappa shape index (κ3) is 1.88. The Hall–Kier alpha value is -1.35. The van der Waals surface area contributed by atoms with Crippen molar-refractivity contribution in [2.24, 2.45) is 5.92 Å². The molecule has 0 spiro atoms. The van der Waals surface area contributed by atoms with Crippen molar-refractivity contribution < 1.29 is 15.2 Å². The lowest BCUT2D eigenvalue weighted by molar-refractivity contribution is -0.679. The van der Waals surface area contributed by atoms with E-state index < -0.39 is 5.97 Å². The second-order valence-corrected chi connectivity index (χ2v) is 4.12. The zero-order valence-electron chi connectivity index (χ0n) is 8.77. The molecule has 0 aromatic heterocycles. The molecule has 2 N–H and O–H groups in total. The van der Waals surface area contributed by atoms with E-state index >= 15 is 0 Å². The predicted molar refractivity (Wildman–Crippen MR) is 53.8 cm³/mol. The SMILES string of the molecule is Cc1ccccc1[C@H]1[NH2+]CC[C@@H]1C(=O)[O-]. The first kappa shape index (κ1) is 10.2. The molecule has 1 aliphatic heterocycles. The van der Waals surface area contributed by atoms with Crippen LogP contribution in [0.2, 0.25) is 0 Å². The zero-order valence-corrected chi connectivity index (χ0v) is 8.77. The van der Waals surface area contributed by atoms with E-state index in [9.17, 15) is 9.90 Å². The maximum absolute atomic E-state index is 11.0. The Morgan fingerprint density at radius 1 is 1.47 bits per heavy atom. The monoisotopic (exact) mass is 205 g/mol. The second kappa shape index (κ2) is 4.03. The molecule has 1 saturated heterocycles. The van der Waals surface area contributed by atoms with E-state index in [1.807, 2.05) is 31.2 Å². The van der Waals surface area contributed by atoms with Crippen LogP contribution in [0.5, 0.6) is 0 Å². The fourth-order valence-electron chi connectivity index (χ4n) is 2.37. The average molecular weight is 205 g/mol. The van der Waals surface area contributed by atoms with Crippen LogP contribution >= 0.6 is 0 Å². The number of aliphatic carboxylic acids is 1. The summed E-state index contributed by atoms with van der Waals surface area (Å²) >= 11 is 0. The summed E-state index contributed by atoms with van der Waals surface area (Å²) in [5.41, 5.74) is 2.29. The van der Waals surface area contributed by atoms with E-state index in [1.54, 1.807) is 0 Å². The summed E-state index contributed by atoms with van der Waals surface area (Å²) in [4.78, 5) is 11.0. The van der Waals surface area contributed by atoms with Gasteiger partial charge in [-0.05, 0) is 12.5 Å². The summed E-state index contributed by atoms with van der Waals surface area (Å²) in [5, 5.41) is 13.1. The quantitative estimate of drug-likeness (QED) is 0.699. The van der Waals surface area contributed by atoms with Crippen molar-refractivity contribution in [3.63, 3.8) is 0 Å². The highest BCUT2D eigenvalue weighted by atomic mass is 16.4. The van der Waals surface area contributed by atoms with Crippen LogP contribution in [0.1, 0.15) is 23.6 Å². The molecule has 2 rings (SSSR count).